The highest BCUT2D eigenvalue weighted by Crippen LogP contribution is 2.19. The number of fused-ring (bicyclic) bond motifs is 1. The molecule has 22 heavy (non-hydrogen) atoms. The lowest BCUT2D eigenvalue weighted by Gasteiger charge is -2.13. The summed E-state index contributed by atoms with van der Waals surface area (Å²) in [5, 5.41) is 1.93. The van der Waals surface area contributed by atoms with E-state index in [9.17, 15) is 8.42 Å². The summed E-state index contributed by atoms with van der Waals surface area (Å²) in [5.41, 5.74) is 0. The molecule has 0 spiro atoms. The van der Waals surface area contributed by atoms with Crippen LogP contribution in [0.4, 0.5) is 0 Å². The van der Waals surface area contributed by atoms with Gasteiger partial charge in [-0.3, -0.25) is 0 Å². The van der Waals surface area contributed by atoms with Crippen LogP contribution in [0.1, 0.15) is 12.7 Å². The second-order valence-electron chi connectivity index (χ2n) is 5.31. The van der Waals surface area contributed by atoms with Crippen molar-refractivity contribution in [3.8, 4) is 0 Å². The third-order valence-electron chi connectivity index (χ3n) is 3.48. The largest absolute Gasteiger partial charge is 0.469 e. The summed E-state index contributed by atoms with van der Waals surface area (Å²) >= 11 is 0. The maximum absolute atomic E-state index is 12.5. The van der Waals surface area contributed by atoms with E-state index in [0.29, 0.717) is 6.42 Å². The van der Waals surface area contributed by atoms with E-state index in [-0.39, 0.29) is 10.9 Å². The molecule has 0 aliphatic carbocycles. The number of rotatable bonds is 5. The van der Waals surface area contributed by atoms with Gasteiger partial charge in [-0.15, -0.1) is 0 Å². The van der Waals surface area contributed by atoms with Gasteiger partial charge in [-0.2, -0.15) is 0 Å². The molecule has 1 N–H and O–H groups in total. The molecule has 0 fully saturated rings. The number of furan rings is 1. The molecule has 1 atom stereocenters. The quantitative estimate of drug-likeness (QED) is 0.785. The standard InChI is InChI=1S/C17H17NO3S/c1-13(11-16-7-4-10-21-16)18-22(19,20)17-9-8-14-5-2-3-6-15(14)12-17/h2-10,12-13,18H,11H2,1H3. The molecule has 5 heteroatoms. The van der Waals surface area contributed by atoms with Gasteiger partial charge in [0.05, 0.1) is 11.2 Å². The summed E-state index contributed by atoms with van der Waals surface area (Å²) in [4.78, 5) is 0.275. The van der Waals surface area contributed by atoms with E-state index in [1.807, 2.05) is 43.3 Å². The van der Waals surface area contributed by atoms with Crippen molar-refractivity contribution in [1.29, 1.82) is 0 Å². The molecule has 1 aromatic heterocycles. The number of hydrogen-bond donors (Lipinski definition) is 1. The van der Waals surface area contributed by atoms with Crippen LogP contribution in [-0.4, -0.2) is 14.5 Å². The molecule has 0 bridgehead atoms. The lowest BCUT2D eigenvalue weighted by Crippen LogP contribution is -2.34. The van der Waals surface area contributed by atoms with Crippen molar-refractivity contribution in [2.45, 2.75) is 24.3 Å². The van der Waals surface area contributed by atoms with E-state index in [0.717, 1.165) is 16.5 Å². The Bertz CT molecular complexity index is 870. The summed E-state index contributed by atoms with van der Waals surface area (Å²) in [6.07, 6.45) is 2.10. The topological polar surface area (TPSA) is 59.3 Å². The van der Waals surface area contributed by atoms with Gasteiger partial charge in [-0.1, -0.05) is 30.3 Å². The summed E-state index contributed by atoms with van der Waals surface area (Å²) in [7, 11) is -3.55. The lowest BCUT2D eigenvalue weighted by atomic mass is 10.1. The van der Waals surface area contributed by atoms with Crippen LogP contribution in [-0.2, 0) is 16.4 Å². The number of sulfonamides is 1. The van der Waals surface area contributed by atoms with Crippen LogP contribution in [0, 0.1) is 0 Å². The number of nitrogens with one attached hydrogen (secondary N) is 1. The van der Waals surface area contributed by atoms with E-state index in [4.69, 9.17) is 4.42 Å². The van der Waals surface area contributed by atoms with Gasteiger partial charge in [0.1, 0.15) is 5.76 Å². The van der Waals surface area contributed by atoms with Crippen molar-refractivity contribution >= 4 is 20.8 Å². The summed E-state index contributed by atoms with van der Waals surface area (Å²) < 4.78 is 32.9. The van der Waals surface area contributed by atoms with Crippen molar-refractivity contribution < 1.29 is 12.8 Å². The first kappa shape index (κ1) is 14.8. The highest BCUT2D eigenvalue weighted by atomic mass is 32.2. The molecule has 0 saturated carbocycles. The third kappa shape index (κ3) is 3.21. The second kappa shape index (κ2) is 5.94. The van der Waals surface area contributed by atoms with E-state index in [2.05, 4.69) is 4.72 Å². The fourth-order valence-electron chi connectivity index (χ4n) is 2.44. The number of hydrogen-bond acceptors (Lipinski definition) is 3. The van der Waals surface area contributed by atoms with Gasteiger partial charge in [0.2, 0.25) is 10.0 Å². The van der Waals surface area contributed by atoms with Gasteiger partial charge >= 0.3 is 0 Å². The van der Waals surface area contributed by atoms with Gasteiger partial charge in [0.25, 0.3) is 0 Å². The van der Waals surface area contributed by atoms with Crippen LogP contribution in [0.25, 0.3) is 10.8 Å². The molecular weight excluding hydrogens is 298 g/mol. The molecule has 0 aliphatic rings. The van der Waals surface area contributed by atoms with Gasteiger partial charge in [-0.05, 0) is 42.0 Å². The Morgan fingerprint density at radius 3 is 2.55 bits per heavy atom. The minimum absolute atomic E-state index is 0.248. The zero-order valence-corrected chi connectivity index (χ0v) is 13.0. The average molecular weight is 315 g/mol. The van der Waals surface area contributed by atoms with Gasteiger partial charge in [0, 0.05) is 12.5 Å². The summed E-state index contributed by atoms with van der Waals surface area (Å²) in [6, 6.07) is 16.2. The van der Waals surface area contributed by atoms with Crippen molar-refractivity contribution in [1.82, 2.24) is 4.72 Å². The van der Waals surface area contributed by atoms with E-state index >= 15 is 0 Å². The first-order valence-electron chi connectivity index (χ1n) is 7.08. The monoisotopic (exact) mass is 315 g/mol. The minimum atomic E-state index is -3.55. The minimum Gasteiger partial charge on any atom is -0.469 e. The molecule has 3 rings (SSSR count). The maximum atomic E-state index is 12.5. The SMILES string of the molecule is CC(Cc1ccco1)NS(=O)(=O)c1ccc2ccccc2c1. The zero-order chi connectivity index (χ0) is 15.6. The smallest absolute Gasteiger partial charge is 0.240 e. The van der Waals surface area contributed by atoms with Crippen LogP contribution >= 0.6 is 0 Å². The molecule has 0 amide bonds. The highest BCUT2D eigenvalue weighted by molar-refractivity contribution is 7.89. The third-order valence-corrected chi connectivity index (χ3v) is 5.06. The fourth-order valence-corrected chi connectivity index (χ4v) is 3.72. The Balaban J connectivity index is 1.81. The Labute approximate surface area is 129 Å². The molecule has 0 radical (unpaired) electrons. The first-order chi connectivity index (χ1) is 10.5. The Morgan fingerprint density at radius 2 is 1.82 bits per heavy atom. The lowest BCUT2D eigenvalue weighted by molar-refractivity contribution is 0.479. The Kier molecular flexibility index (Phi) is 4.00. The molecule has 114 valence electrons. The fraction of sp³-hybridized carbons (Fsp3) is 0.176. The molecule has 0 saturated heterocycles. The van der Waals surface area contributed by atoms with Crippen LogP contribution < -0.4 is 4.72 Å². The molecule has 4 nitrogen and oxygen atoms in total. The molecular formula is C17H17NO3S. The normalized spacial score (nSPS) is 13.3. The van der Waals surface area contributed by atoms with Crippen LogP contribution in [0.15, 0.2) is 70.2 Å². The molecule has 3 aromatic rings. The predicted molar refractivity (Wildman–Crippen MR) is 86.1 cm³/mol. The van der Waals surface area contributed by atoms with Crippen molar-refractivity contribution in [2.24, 2.45) is 0 Å². The number of benzene rings is 2. The van der Waals surface area contributed by atoms with Gasteiger partial charge in [-0.25, -0.2) is 13.1 Å². The zero-order valence-electron chi connectivity index (χ0n) is 12.2. The second-order valence-corrected chi connectivity index (χ2v) is 7.03. The summed E-state index contributed by atoms with van der Waals surface area (Å²) in [6.45, 7) is 1.82. The van der Waals surface area contributed by atoms with Crippen LogP contribution in [0.3, 0.4) is 0 Å². The van der Waals surface area contributed by atoms with Crippen molar-refractivity contribution in [2.75, 3.05) is 0 Å². The Morgan fingerprint density at radius 1 is 1.05 bits per heavy atom. The van der Waals surface area contributed by atoms with Gasteiger partial charge < -0.3 is 4.42 Å². The van der Waals surface area contributed by atoms with Crippen molar-refractivity contribution in [3.63, 3.8) is 0 Å². The molecule has 2 aromatic carbocycles. The van der Waals surface area contributed by atoms with E-state index in [1.54, 1.807) is 24.5 Å². The molecule has 1 unspecified atom stereocenters. The van der Waals surface area contributed by atoms with Crippen LogP contribution in [0.5, 0.6) is 0 Å². The van der Waals surface area contributed by atoms with E-state index < -0.39 is 10.0 Å². The predicted octanol–water partition coefficient (Wildman–Crippen LogP) is 3.34. The highest BCUT2D eigenvalue weighted by Gasteiger charge is 2.18. The summed E-state index contributed by atoms with van der Waals surface area (Å²) in [5.74, 6) is 0.758. The molecule has 1 heterocycles. The van der Waals surface area contributed by atoms with Crippen LogP contribution in [0.2, 0.25) is 0 Å². The average Bonchev–Trinajstić information content (AvgIpc) is 2.99. The first-order valence-corrected chi connectivity index (χ1v) is 8.56. The van der Waals surface area contributed by atoms with Crippen molar-refractivity contribution in [3.05, 3.63) is 66.6 Å². The molecule has 0 aliphatic heterocycles. The Hall–Kier alpha value is -2.11. The maximum Gasteiger partial charge on any atom is 0.240 e. The van der Waals surface area contributed by atoms with E-state index in [1.165, 1.54) is 0 Å². The van der Waals surface area contributed by atoms with Gasteiger partial charge in [0.15, 0.2) is 0 Å².